The molecule has 0 aromatic carbocycles. The lowest BCUT2D eigenvalue weighted by Gasteiger charge is -2.40. The molecule has 0 aromatic heterocycles. The van der Waals surface area contributed by atoms with Crippen molar-refractivity contribution in [1.82, 2.24) is 0 Å². The smallest absolute Gasteiger partial charge is 0.0320 e. The Labute approximate surface area is 122 Å². The van der Waals surface area contributed by atoms with Gasteiger partial charge in [0.25, 0.3) is 0 Å². The molecule has 112 valence electrons. The van der Waals surface area contributed by atoms with Gasteiger partial charge in [-0.25, -0.2) is 0 Å². The lowest BCUT2D eigenvalue weighted by molar-refractivity contribution is 0.103. The highest BCUT2D eigenvalue weighted by molar-refractivity contribution is 5.01. The average molecular weight is 264 g/mol. The molecule has 0 heteroatoms. The van der Waals surface area contributed by atoms with Crippen LogP contribution in [0.4, 0.5) is 0 Å². The normalized spacial score (nSPS) is 25.2. The van der Waals surface area contributed by atoms with Crippen LogP contribution in [0.25, 0.3) is 0 Å². The minimum Gasteiger partial charge on any atom is -0.0853 e. The number of unbranched alkanes of at least 4 members (excludes halogenated alkanes) is 2. The summed E-state index contributed by atoms with van der Waals surface area (Å²) in [6.07, 6.45) is 16.4. The van der Waals surface area contributed by atoms with Crippen molar-refractivity contribution in [2.75, 3.05) is 0 Å². The summed E-state index contributed by atoms with van der Waals surface area (Å²) < 4.78 is 0. The van der Waals surface area contributed by atoms with Gasteiger partial charge in [-0.05, 0) is 56.3 Å². The number of hydrogen-bond acceptors (Lipinski definition) is 0. The molecule has 0 amide bonds. The lowest BCUT2D eigenvalue weighted by atomic mass is 9.65. The molecule has 1 aliphatic carbocycles. The Kier molecular flexibility index (Phi) is 8.50. The molecule has 0 aliphatic heterocycles. The third kappa shape index (κ3) is 5.71. The maximum absolute atomic E-state index is 2.52. The fourth-order valence-corrected chi connectivity index (χ4v) is 3.65. The minimum atomic E-state index is 0.965. The van der Waals surface area contributed by atoms with Gasteiger partial charge in [-0.1, -0.05) is 65.0 Å². The predicted octanol–water partition coefficient (Wildman–Crippen LogP) is 6.76. The highest BCUT2D eigenvalue weighted by atomic mass is 14.4. The zero-order valence-corrected chi connectivity index (χ0v) is 13.9. The summed E-state index contributed by atoms with van der Waals surface area (Å²) in [5, 5.41) is 0. The van der Waals surface area contributed by atoms with Crippen molar-refractivity contribution < 1.29 is 0 Å². The van der Waals surface area contributed by atoms with E-state index in [0.29, 0.717) is 0 Å². The van der Waals surface area contributed by atoms with E-state index >= 15 is 0 Å². The lowest BCUT2D eigenvalue weighted by Crippen LogP contribution is -2.30. The Morgan fingerprint density at radius 3 is 2.47 bits per heavy atom. The van der Waals surface area contributed by atoms with Gasteiger partial charge in [-0.2, -0.15) is 0 Å². The Bertz CT molecular complexity index is 249. The summed E-state index contributed by atoms with van der Waals surface area (Å²) in [6.45, 7) is 9.47. The monoisotopic (exact) mass is 264 g/mol. The largest absolute Gasteiger partial charge is 0.0853 e. The van der Waals surface area contributed by atoms with Gasteiger partial charge in [0, 0.05) is 0 Å². The van der Waals surface area contributed by atoms with E-state index in [1.807, 2.05) is 0 Å². The number of rotatable bonds is 10. The molecule has 0 N–H and O–H groups in total. The summed E-state index contributed by atoms with van der Waals surface area (Å²) >= 11 is 0. The van der Waals surface area contributed by atoms with Crippen molar-refractivity contribution in [3.05, 3.63) is 11.6 Å². The van der Waals surface area contributed by atoms with Crippen molar-refractivity contribution in [3.8, 4) is 0 Å². The fourth-order valence-electron chi connectivity index (χ4n) is 3.65. The third-order valence-corrected chi connectivity index (χ3v) is 5.33. The van der Waals surface area contributed by atoms with Crippen LogP contribution in [-0.2, 0) is 0 Å². The Hall–Kier alpha value is -0.260. The van der Waals surface area contributed by atoms with Crippen LogP contribution in [0.1, 0.15) is 91.9 Å². The first-order chi connectivity index (χ1) is 9.22. The van der Waals surface area contributed by atoms with Gasteiger partial charge in [0.2, 0.25) is 0 Å². The van der Waals surface area contributed by atoms with Crippen LogP contribution in [0.2, 0.25) is 0 Å². The molecule has 1 saturated carbocycles. The molecule has 0 radical (unpaired) electrons. The maximum Gasteiger partial charge on any atom is -0.0320 e. The highest BCUT2D eigenvalue weighted by Gasteiger charge is 2.32. The highest BCUT2D eigenvalue weighted by Crippen LogP contribution is 2.43. The van der Waals surface area contributed by atoms with Gasteiger partial charge < -0.3 is 0 Å². The predicted molar refractivity (Wildman–Crippen MR) is 87.4 cm³/mol. The molecule has 3 unspecified atom stereocenters. The molecule has 0 bridgehead atoms. The van der Waals surface area contributed by atoms with Crippen molar-refractivity contribution in [3.63, 3.8) is 0 Å². The van der Waals surface area contributed by atoms with Crippen molar-refractivity contribution >= 4 is 0 Å². The van der Waals surface area contributed by atoms with E-state index < -0.39 is 0 Å². The quantitative estimate of drug-likeness (QED) is 0.302. The van der Waals surface area contributed by atoms with Crippen LogP contribution in [0.3, 0.4) is 0 Å². The van der Waals surface area contributed by atoms with Crippen LogP contribution in [-0.4, -0.2) is 0 Å². The standard InChI is InChI=1S/C19H36/c1-5-8-9-12-17(6-2)13-10-11-16(4)19-15-14-18(19)7-3/h12,16,18-19H,5-11,13-15H2,1-4H3. The number of hydrogen-bond donors (Lipinski definition) is 0. The van der Waals surface area contributed by atoms with E-state index in [1.165, 1.54) is 64.2 Å². The molecule has 1 fully saturated rings. The van der Waals surface area contributed by atoms with Gasteiger partial charge in [-0.15, -0.1) is 0 Å². The van der Waals surface area contributed by atoms with Crippen LogP contribution in [0.5, 0.6) is 0 Å². The second-order valence-electron chi connectivity index (χ2n) is 6.64. The summed E-state index contributed by atoms with van der Waals surface area (Å²) in [5.74, 6) is 3.08. The molecule has 0 aromatic rings. The summed E-state index contributed by atoms with van der Waals surface area (Å²) in [5.41, 5.74) is 1.71. The van der Waals surface area contributed by atoms with E-state index in [4.69, 9.17) is 0 Å². The first-order valence-corrected chi connectivity index (χ1v) is 8.90. The van der Waals surface area contributed by atoms with Gasteiger partial charge in [0.1, 0.15) is 0 Å². The molecule has 0 spiro atoms. The minimum absolute atomic E-state index is 0.965. The summed E-state index contributed by atoms with van der Waals surface area (Å²) in [7, 11) is 0. The molecule has 1 aliphatic rings. The van der Waals surface area contributed by atoms with Crippen molar-refractivity contribution in [1.29, 1.82) is 0 Å². The second-order valence-corrected chi connectivity index (χ2v) is 6.64. The van der Waals surface area contributed by atoms with Crippen LogP contribution < -0.4 is 0 Å². The first kappa shape index (κ1) is 16.8. The van der Waals surface area contributed by atoms with E-state index in [9.17, 15) is 0 Å². The molecule has 0 saturated heterocycles. The van der Waals surface area contributed by atoms with E-state index in [-0.39, 0.29) is 0 Å². The Morgan fingerprint density at radius 1 is 1.16 bits per heavy atom. The van der Waals surface area contributed by atoms with Crippen molar-refractivity contribution in [2.45, 2.75) is 91.9 Å². The number of allylic oxidation sites excluding steroid dienone is 2. The third-order valence-electron chi connectivity index (χ3n) is 5.33. The van der Waals surface area contributed by atoms with Crippen molar-refractivity contribution in [2.24, 2.45) is 17.8 Å². The molecule has 19 heavy (non-hydrogen) atoms. The molecule has 3 atom stereocenters. The first-order valence-electron chi connectivity index (χ1n) is 8.90. The maximum atomic E-state index is 2.52. The average Bonchev–Trinajstić information content (AvgIpc) is 2.36. The van der Waals surface area contributed by atoms with Gasteiger partial charge in [0.05, 0.1) is 0 Å². The molecule has 1 rings (SSSR count). The summed E-state index contributed by atoms with van der Waals surface area (Å²) in [4.78, 5) is 0. The van der Waals surface area contributed by atoms with E-state index in [1.54, 1.807) is 5.57 Å². The molecular formula is C19H36. The zero-order chi connectivity index (χ0) is 14.1. The topological polar surface area (TPSA) is 0 Å². The fraction of sp³-hybridized carbons (Fsp3) is 0.895. The SMILES string of the molecule is CCCCC=C(CC)CCCC(C)C1CCC1CC. The van der Waals surface area contributed by atoms with Crippen LogP contribution >= 0.6 is 0 Å². The van der Waals surface area contributed by atoms with Gasteiger partial charge >= 0.3 is 0 Å². The molecule has 0 heterocycles. The van der Waals surface area contributed by atoms with Crippen LogP contribution in [0, 0.1) is 17.8 Å². The molecule has 0 nitrogen and oxygen atoms in total. The van der Waals surface area contributed by atoms with Gasteiger partial charge in [0.15, 0.2) is 0 Å². The molecular weight excluding hydrogens is 228 g/mol. The van der Waals surface area contributed by atoms with E-state index in [0.717, 1.165) is 17.8 Å². The Morgan fingerprint density at radius 2 is 1.95 bits per heavy atom. The summed E-state index contributed by atoms with van der Waals surface area (Å²) in [6, 6.07) is 0. The Balaban J connectivity index is 2.19. The zero-order valence-electron chi connectivity index (χ0n) is 13.9. The van der Waals surface area contributed by atoms with Gasteiger partial charge in [-0.3, -0.25) is 0 Å². The van der Waals surface area contributed by atoms with E-state index in [2.05, 4.69) is 33.8 Å². The van der Waals surface area contributed by atoms with Crippen LogP contribution in [0.15, 0.2) is 11.6 Å². The second kappa shape index (κ2) is 9.61.